The molecule has 0 N–H and O–H groups in total. The average Bonchev–Trinajstić information content (AvgIpc) is 2.64. The molecule has 1 atom stereocenters. The summed E-state index contributed by atoms with van der Waals surface area (Å²) in [5.74, 6) is -0.0668. The van der Waals surface area contributed by atoms with Crippen LogP contribution in [0, 0.1) is 3.57 Å². The van der Waals surface area contributed by atoms with Gasteiger partial charge in [-0.15, -0.1) is 0 Å². The second-order valence-electron chi connectivity index (χ2n) is 4.19. The Morgan fingerprint density at radius 2 is 2.00 bits per heavy atom. The predicted octanol–water partition coefficient (Wildman–Crippen LogP) is 2.32. The molecule has 0 radical (unpaired) electrons. The van der Waals surface area contributed by atoms with Crippen molar-refractivity contribution in [2.45, 2.75) is 18.1 Å². The van der Waals surface area contributed by atoms with Crippen molar-refractivity contribution in [1.82, 2.24) is 4.90 Å². The van der Waals surface area contributed by atoms with Crippen LogP contribution in [0.25, 0.3) is 0 Å². The van der Waals surface area contributed by atoms with Crippen LogP contribution >= 0.6 is 34.4 Å². The fraction of sp³-hybridized carbons (Fsp3) is 0.385. The topological polar surface area (TPSA) is 37.4 Å². The number of carbonyl (C=O) groups is 2. The molecule has 1 aliphatic heterocycles. The lowest BCUT2D eigenvalue weighted by molar-refractivity contribution is -0.138. The first kappa shape index (κ1) is 13.9. The van der Waals surface area contributed by atoms with Crippen molar-refractivity contribution in [3.05, 3.63) is 33.4 Å². The van der Waals surface area contributed by atoms with E-state index in [2.05, 4.69) is 22.6 Å². The van der Waals surface area contributed by atoms with Crippen LogP contribution in [0.15, 0.2) is 24.3 Å². The molecular formula is C13H14INO2S. The standard InChI is InChI=1S/C13H14INO2S/c1-18-11-8-12(16)15(13(11)17)7-6-9-2-4-10(14)5-3-9/h2-5,11H,6-8H2,1H3/i14-3. The van der Waals surface area contributed by atoms with Crippen LogP contribution < -0.4 is 0 Å². The van der Waals surface area contributed by atoms with Gasteiger partial charge in [-0.05, 0) is 53.0 Å². The van der Waals surface area contributed by atoms with Gasteiger partial charge in [0.15, 0.2) is 0 Å². The van der Waals surface area contributed by atoms with Crippen molar-refractivity contribution in [3.63, 3.8) is 0 Å². The zero-order chi connectivity index (χ0) is 13.1. The van der Waals surface area contributed by atoms with E-state index in [0.29, 0.717) is 13.0 Å². The van der Waals surface area contributed by atoms with Gasteiger partial charge in [0.2, 0.25) is 11.8 Å². The number of carbonyl (C=O) groups excluding carboxylic acids is 2. The number of nitrogens with zero attached hydrogens (tertiary/aromatic N) is 1. The molecule has 96 valence electrons. The highest BCUT2D eigenvalue weighted by Gasteiger charge is 2.37. The third-order valence-electron chi connectivity index (χ3n) is 3.02. The van der Waals surface area contributed by atoms with E-state index in [4.69, 9.17) is 0 Å². The molecular weight excluding hydrogens is 358 g/mol. The largest absolute Gasteiger partial charge is 0.281 e. The summed E-state index contributed by atoms with van der Waals surface area (Å²) in [6, 6.07) is 8.15. The summed E-state index contributed by atoms with van der Waals surface area (Å²) >= 11 is 3.71. The number of thioether (sulfide) groups is 1. The highest BCUT2D eigenvalue weighted by atomic mass is 124. The molecule has 1 aliphatic rings. The number of benzene rings is 1. The summed E-state index contributed by atoms with van der Waals surface area (Å²) in [5.41, 5.74) is 1.16. The SMILES string of the molecule is CSC1CC(=O)N(CCc2ccc([124I])cc2)C1=O. The minimum absolute atomic E-state index is 0.0296. The smallest absolute Gasteiger partial charge is 0.242 e. The number of amides is 2. The van der Waals surface area contributed by atoms with Crippen LogP contribution in [0.1, 0.15) is 12.0 Å². The van der Waals surface area contributed by atoms with Crippen LogP contribution in [0.2, 0.25) is 0 Å². The van der Waals surface area contributed by atoms with Crippen molar-refractivity contribution in [2.24, 2.45) is 0 Å². The zero-order valence-electron chi connectivity index (χ0n) is 10.1. The maximum Gasteiger partial charge on any atom is 0.242 e. The summed E-state index contributed by atoms with van der Waals surface area (Å²) in [5, 5.41) is -0.172. The Hall–Kier alpha value is -0.560. The highest BCUT2D eigenvalue weighted by molar-refractivity contribution is 14.1. The van der Waals surface area contributed by atoms with E-state index in [1.165, 1.54) is 20.2 Å². The number of likely N-dealkylation sites (tertiary alicyclic amines) is 1. The first-order valence-corrected chi connectivity index (χ1v) is 8.10. The highest BCUT2D eigenvalue weighted by Crippen LogP contribution is 2.23. The van der Waals surface area contributed by atoms with Gasteiger partial charge in [0.1, 0.15) is 0 Å². The molecule has 3 nitrogen and oxygen atoms in total. The predicted molar refractivity (Wildman–Crippen MR) is 81.5 cm³/mol. The quantitative estimate of drug-likeness (QED) is 0.602. The lowest BCUT2D eigenvalue weighted by atomic mass is 10.1. The monoisotopic (exact) mass is 372 g/mol. The van der Waals surface area contributed by atoms with Crippen LogP contribution in [0.4, 0.5) is 0 Å². The maximum absolute atomic E-state index is 11.9. The van der Waals surface area contributed by atoms with Gasteiger partial charge in [0.05, 0.1) is 5.25 Å². The molecule has 5 heteroatoms. The maximum atomic E-state index is 11.9. The summed E-state index contributed by atoms with van der Waals surface area (Å²) < 4.78 is 1.19. The van der Waals surface area contributed by atoms with Crippen molar-refractivity contribution < 1.29 is 9.59 Å². The number of rotatable bonds is 4. The molecule has 1 unspecified atom stereocenters. The normalized spacial score (nSPS) is 19.7. The van der Waals surface area contributed by atoms with Crippen LogP contribution in [-0.4, -0.2) is 34.8 Å². The van der Waals surface area contributed by atoms with Gasteiger partial charge in [-0.3, -0.25) is 14.5 Å². The van der Waals surface area contributed by atoms with Gasteiger partial charge in [-0.1, -0.05) is 12.1 Å². The first-order valence-electron chi connectivity index (χ1n) is 5.73. The number of imide groups is 1. The summed E-state index contributed by atoms with van der Waals surface area (Å²) in [6.07, 6.45) is 2.96. The van der Waals surface area contributed by atoms with Gasteiger partial charge < -0.3 is 0 Å². The Morgan fingerprint density at radius 1 is 1.33 bits per heavy atom. The van der Waals surface area contributed by atoms with Gasteiger partial charge in [-0.25, -0.2) is 0 Å². The van der Waals surface area contributed by atoms with Crippen molar-refractivity contribution in [2.75, 3.05) is 12.8 Å². The number of halogens is 1. The summed E-state index contributed by atoms with van der Waals surface area (Å²) in [4.78, 5) is 25.0. The second-order valence-corrected chi connectivity index (χ2v) is 6.47. The molecule has 0 aromatic heterocycles. The zero-order valence-corrected chi connectivity index (χ0v) is 13.0. The summed E-state index contributed by atoms with van der Waals surface area (Å²) in [6.45, 7) is 0.495. The molecule has 0 bridgehead atoms. The van der Waals surface area contributed by atoms with E-state index >= 15 is 0 Å². The Labute approximate surface area is 124 Å². The van der Waals surface area contributed by atoms with E-state index in [1.807, 2.05) is 30.5 Å². The van der Waals surface area contributed by atoms with Gasteiger partial charge in [0, 0.05) is 16.5 Å². The average molecular weight is 372 g/mol. The Balaban J connectivity index is 1.96. The number of hydrogen-bond acceptors (Lipinski definition) is 3. The molecule has 1 heterocycles. The Morgan fingerprint density at radius 3 is 2.56 bits per heavy atom. The molecule has 0 spiro atoms. The molecule has 0 aliphatic carbocycles. The summed E-state index contributed by atoms with van der Waals surface area (Å²) in [7, 11) is 0. The molecule has 1 aromatic rings. The van der Waals surface area contributed by atoms with Crippen molar-refractivity contribution in [3.8, 4) is 0 Å². The molecule has 2 amide bonds. The van der Waals surface area contributed by atoms with Crippen LogP contribution in [0.5, 0.6) is 0 Å². The molecule has 2 rings (SSSR count). The lowest BCUT2D eigenvalue weighted by Gasteiger charge is -2.14. The van der Waals surface area contributed by atoms with E-state index in [0.717, 1.165) is 12.0 Å². The van der Waals surface area contributed by atoms with E-state index in [-0.39, 0.29) is 17.1 Å². The lowest BCUT2D eigenvalue weighted by Crippen LogP contribution is -2.33. The third kappa shape index (κ3) is 3.06. The minimum atomic E-state index is -0.172. The fourth-order valence-corrected chi connectivity index (χ4v) is 2.96. The van der Waals surface area contributed by atoms with Crippen LogP contribution in [0.3, 0.4) is 0 Å². The Kier molecular flexibility index (Phi) is 4.66. The Bertz CT molecular complexity index is 461. The molecule has 0 saturated carbocycles. The molecule has 1 saturated heterocycles. The van der Waals surface area contributed by atoms with E-state index in [1.54, 1.807) is 0 Å². The van der Waals surface area contributed by atoms with E-state index < -0.39 is 0 Å². The van der Waals surface area contributed by atoms with Gasteiger partial charge in [-0.2, -0.15) is 11.8 Å². The minimum Gasteiger partial charge on any atom is -0.281 e. The van der Waals surface area contributed by atoms with E-state index in [9.17, 15) is 9.59 Å². The first-order chi connectivity index (χ1) is 8.61. The van der Waals surface area contributed by atoms with Crippen LogP contribution in [-0.2, 0) is 16.0 Å². The van der Waals surface area contributed by atoms with Crippen molar-refractivity contribution in [1.29, 1.82) is 0 Å². The number of hydrogen-bond donors (Lipinski definition) is 0. The molecule has 18 heavy (non-hydrogen) atoms. The van der Waals surface area contributed by atoms with Crippen molar-refractivity contribution >= 4 is 46.2 Å². The second kappa shape index (κ2) is 6.06. The fourth-order valence-electron chi connectivity index (χ4n) is 1.96. The molecule has 1 fully saturated rings. The van der Waals surface area contributed by atoms with Gasteiger partial charge >= 0.3 is 0 Å². The van der Waals surface area contributed by atoms with Gasteiger partial charge in [0.25, 0.3) is 0 Å². The third-order valence-corrected chi connectivity index (χ3v) is 4.68. The molecule has 1 aromatic carbocycles.